The number of pyridine rings is 1. The van der Waals surface area contributed by atoms with Gasteiger partial charge >= 0.3 is 0 Å². The monoisotopic (exact) mass is 221 g/mol. The molecule has 4 heteroatoms. The maximum absolute atomic E-state index is 12.2. The fraction of sp³-hybridized carbons (Fsp3) is 0.500. The Morgan fingerprint density at radius 1 is 1.38 bits per heavy atom. The van der Waals surface area contributed by atoms with Crippen molar-refractivity contribution in [2.75, 3.05) is 18.8 Å². The molecule has 0 saturated carbocycles. The van der Waals surface area contributed by atoms with E-state index in [1.807, 2.05) is 4.90 Å². The van der Waals surface area contributed by atoms with Gasteiger partial charge in [-0.1, -0.05) is 13.8 Å². The van der Waals surface area contributed by atoms with Gasteiger partial charge in [0.25, 0.3) is 5.91 Å². The van der Waals surface area contributed by atoms with E-state index in [4.69, 9.17) is 5.73 Å². The van der Waals surface area contributed by atoms with Crippen LogP contribution in [0, 0.1) is 0 Å². The number of carbonyl (C=O) groups excluding carboxylic acids is 1. The van der Waals surface area contributed by atoms with Crippen LogP contribution < -0.4 is 5.73 Å². The summed E-state index contributed by atoms with van der Waals surface area (Å²) in [6.07, 6.45) is 3.49. The van der Waals surface area contributed by atoms with Crippen molar-refractivity contribution in [1.29, 1.82) is 0 Å². The van der Waals surface area contributed by atoms with Crippen LogP contribution in [0.2, 0.25) is 0 Å². The minimum Gasteiger partial charge on any atom is -0.383 e. The first-order valence-corrected chi connectivity index (χ1v) is 5.70. The molecule has 0 aliphatic carbocycles. The predicted molar refractivity (Wildman–Crippen MR) is 65.1 cm³/mol. The number of aromatic nitrogens is 1. The van der Waals surface area contributed by atoms with Crippen LogP contribution in [0.25, 0.3) is 0 Å². The second-order valence-electron chi connectivity index (χ2n) is 3.73. The summed E-state index contributed by atoms with van der Waals surface area (Å²) < 4.78 is 0. The Hall–Kier alpha value is -1.58. The molecule has 16 heavy (non-hydrogen) atoms. The van der Waals surface area contributed by atoms with Crippen molar-refractivity contribution in [3.63, 3.8) is 0 Å². The molecule has 1 rings (SSSR count). The molecule has 0 aromatic carbocycles. The fourth-order valence-corrected chi connectivity index (χ4v) is 1.62. The predicted octanol–water partition coefficient (Wildman–Crippen LogP) is 1.93. The first kappa shape index (κ1) is 12.5. The second-order valence-corrected chi connectivity index (χ2v) is 3.73. The molecule has 4 nitrogen and oxygen atoms in total. The number of nitrogens with two attached hydrogens (primary N) is 1. The highest BCUT2D eigenvalue weighted by Gasteiger charge is 2.16. The Morgan fingerprint density at radius 3 is 2.50 bits per heavy atom. The summed E-state index contributed by atoms with van der Waals surface area (Å²) in [5.74, 6) is 0.291. The second kappa shape index (κ2) is 6.10. The van der Waals surface area contributed by atoms with E-state index in [9.17, 15) is 4.79 Å². The van der Waals surface area contributed by atoms with E-state index in [0.29, 0.717) is 11.4 Å². The third-order valence-electron chi connectivity index (χ3n) is 2.34. The molecule has 0 spiro atoms. The Bertz CT molecular complexity index is 346. The Morgan fingerprint density at radius 2 is 2.00 bits per heavy atom. The lowest BCUT2D eigenvalue weighted by Gasteiger charge is -2.21. The SMILES string of the molecule is CCCN(CCC)C(=O)c1cccnc1N. The van der Waals surface area contributed by atoms with Crippen molar-refractivity contribution >= 4 is 11.7 Å². The Balaban J connectivity index is 2.85. The molecule has 1 amide bonds. The van der Waals surface area contributed by atoms with Crippen molar-refractivity contribution in [1.82, 2.24) is 9.88 Å². The maximum Gasteiger partial charge on any atom is 0.257 e. The topological polar surface area (TPSA) is 59.2 Å². The summed E-state index contributed by atoms with van der Waals surface area (Å²) in [4.78, 5) is 17.9. The van der Waals surface area contributed by atoms with Crippen molar-refractivity contribution in [2.45, 2.75) is 26.7 Å². The van der Waals surface area contributed by atoms with Gasteiger partial charge in [-0.25, -0.2) is 4.98 Å². The standard InChI is InChI=1S/C12H19N3O/c1-3-8-15(9-4-2)12(16)10-6-5-7-14-11(10)13/h5-7H,3-4,8-9H2,1-2H3,(H2,13,14). The molecule has 0 fully saturated rings. The van der Waals surface area contributed by atoms with E-state index in [0.717, 1.165) is 25.9 Å². The van der Waals surface area contributed by atoms with Crippen LogP contribution in [0.15, 0.2) is 18.3 Å². The van der Waals surface area contributed by atoms with Crippen LogP contribution in [0.4, 0.5) is 5.82 Å². The van der Waals surface area contributed by atoms with E-state index >= 15 is 0 Å². The Labute approximate surface area is 96.5 Å². The van der Waals surface area contributed by atoms with Gasteiger partial charge in [-0.3, -0.25) is 4.79 Å². The van der Waals surface area contributed by atoms with Gasteiger partial charge in [0.15, 0.2) is 0 Å². The van der Waals surface area contributed by atoms with Crippen LogP contribution in [0.3, 0.4) is 0 Å². The van der Waals surface area contributed by atoms with E-state index in [1.54, 1.807) is 18.3 Å². The first-order valence-electron chi connectivity index (χ1n) is 5.70. The highest BCUT2D eigenvalue weighted by atomic mass is 16.2. The number of nitrogen functional groups attached to an aromatic ring is 1. The van der Waals surface area contributed by atoms with E-state index in [1.165, 1.54) is 0 Å². The summed E-state index contributed by atoms with van der Waals surface area (Å²) in [5, 5.41) is 0. The third kappa shape index (κ3) is 2.95. The molecule has 1 aromatic rings. The number of hydrogen-bond acceptors (Lipinski definition) is 3. The third-order valence-corrected chi connectivity index (χ3v) is 2.34. The number of amides is 1. The lowest BCUT2D eigenvalue weighted by atomic mass is 10.2. The smallest absolute Gasteiger partial charge is 0.257 e. The quantitative estimate of drug-likeness (QED) is 0.826. The van der Waals surface area contributed by atoms with Crippen LogP contribution in [-0.4, -0.2) is 28.9 Å². The highest BCUT2D eigenvalue weighted by Crippen LogP contribution is 2.11. The molecule has 0 aliphatic rings. The largest absolute Gasteiger partial charge is 0.383 e. The van der Waals surface area contributed by atoms with Gasteiger partial charge in [0.05, 0.1) is 5.56 Å². The highest BCUT2D eigenvalue weighted by molar-refractivity contribution is 5.98. The van der Waals surface area contributed by atoms with Crippen LogP contribution in [0.1, 0.15) is 37.0 Å². The molecule has 0 atom stereocenters. The molecule has 1 heterocycles. The normalized spacial score (nSPS) is 10.1. The summed E-state index contributed by atoms with van der Waals surface area (Å²) in [5.41, 5.74) is 6.20. The molecule has 0 saturated heterocycles. The molecule has 0 radical (unpaired) electrons. The van der Waals surface area contributed by atoms with E-state index < -0.39 is 0 Å². The molecule has 0 unspecified atom stereocenters. The van der Waals surface area contributed by atoms with Crippen LogP contribution in [-0.2, 0) is 0 Å². The minimum atomic E-state index is -0.0192. The van der Waals surface area contributed by atoms with Crippen molar-refractivity contribution < 1.29 is 4.79 Å². The average Bonchev–Trinajstić information content (AvgIpc) is 2.28. The van der Waals surface area contributed by atoms with Gasteiger partial charge in [-0.2, -0.15) is 0 Å². The van der Waals surface area contributed by atoms with Gasteiger partial charge in [-0.05, 0) is 25.0 Å². The number of hydrogen-bond donors (Lipinski definition) is 1. The Kier molecular flexibility index (Phi) is 4.76. The number of anilines is 1. The van der Waals surface area contributed by atoms with Crippen molar-refractivity contribution in [3.05, 3.63) is 23.9 Å². The number of rotatable bonds is 5. The summed E-state index contributed by atoms with van der Waals surface area (Å²) in [7, 11) is 0. The van der Waals surface area contributed by atoms with Crippen molar-refractivity contribution in [2.24, 2.45) is 0 Å². The van der Waals surface area contributed by atoms with E-state index in [2.05, 4.69) is 18.8 Å². The van der Waals surface area contributed by atoms with Gasteiger partial charge in [-0.15, -0.1) is 0 Å². The molecule has 0 bridgehead atoms. The van der Waals surface area contributed by atoms with Gasteiger partial charge in [0, 0.05) is 19.3 Å². The molecule has 88 valence electrons. The van der Waals surface area contributed by atoms with E-state index in [-0.39, 0.29) is 5.91 Å². The minimum absolute atomic E-state index is 0.0192. The van der Waals surface area contributed by atoms with Crippen molar-refractivity contribution in [3.8, 4) is 0 Å². The lowest BCUT2D eigenvalue weighted by molar-refractivity contribution is 0.0756. The first-order chi connectivity index (χ1) is 7.70. The molecular formula is C12H19N3O. The van der Waals surface area contributed by atoms with Gasteiger partial charge in [0.2, 0.25) is 0 Å². The molecule has 2 N–H and O–H groups in total. The van der Waals surface area contributed by atoms with Gasteiger partial charge < -0.3 is 10.6 Å². The molecular weight excluding hydrogens is 202 g/mol. The number of nitrogens with zero attached hydrogens (tertiary/aromatic N) is 2. The van der Waals surface area contributed by atoms with Gasteiger partial charge in [0.1, 0.15) is 5.82 Å². The van der Waals surface area contributed by atoms with Crippen LogP contribution in [0.5, 0.6) is 0 Å². The average molecular weight is 221 g/mol. The molecule has 1 aromatic heterocycles. The number of carbonyl (C=O) groups is 1. The summed E-state index contributed by atoms with van der Waals surface area (Å²) in [6.45, 7) is 5.65. The van der Waals surface area contributed by atoms with Crippen LogP contribution >= 0.6 is 0 Å². The zero-order valence-corrected chi connectivity index (χ0v) is 9.94. The maximum atomic E-state index is 12.2. The summed E-state index contributed by atoms with van der Waals surface area (Å²) in [6, 6.07) is 3.46. The summed E-state index contributed by atoms with van der Waals surface area (Å²) >= 11 is 0. The fourth-order valence-electron chi connectivity index (χ4n) is 1.62. The lowest BCUT2D eigenvalue weighted by Crippen LogP contribution is -2.33. The molecule has 0 aliphatic heterocycles. The zero-order valence-electron chi connectivity index (χ0n) is 9.94. The zero-order chi connectivity index (χ0) is 12.0.